The molecule has 2 N–H and O–H groups in total. The molecule has 1 heterocycles. The lowest BCUT2D eigenvalue weighted by Crippen LogP contribution is -1.86. The molecule has 3 rings (SSSR count). The van der Waals surface area contributed by atoms with Gasteiger partial charge >= 0.3 is 0 Å². The molecule has 0 aliphatic carbocycles. The molecule has 0 saturated heterocycles. The Bertz CT molecular complexity index is 671. The van der Waals surface area contributed by atoms with Crippen LogP contribution in [0, 0.1) is 0 Å². The predicted octanol–water partition coefficient (Wildman–Crippen LogP) is 4.90. The topological polar surface area (TPSA) is 52.0 Å². The van der Waals surface area contributed by atoms with Gasteiger partial charge in [-0.25, -0.2) is 0 Å². The highest BCUT2D eigenvalue weighted by Gasteiger charge is 2.15. The van der Waals surface area contributed by atoms with E-state index in [1.165, 1.54) is 0 Å². The summed E-state index contributed by atoms with van der Waals surface area (Å²) in [4.78, 5) is 4.23. The fraction of sp³-hybridized carbons (Fsp3) is 0. The molecular formula is C15H10Cl2N2O. The van der Waals surface area contributed by atoms with Crippen LogP contribution >= 0.6 is 23.2 Å². The lowest BCUT2D eigenvalue weighted by molar-refractivity contribution is 0.574. The maximum absolute atomic E-state index is 5.90. The van der Waals surface area contributed by atoms with Crippen molar-refractivity contribution >= 4 is 28.9 Å². The quantitative estimate of drug-likeness (QED) is 0.685. The van der Waals surface area contributed by atoms with E-state index >= 15 is 0 Å². The second kappa shape index (κ2) is 5.19. The van der Waals surface area contributed by atoms with Crippen molar-refractivity contribution in [2.45, 2.75) is 0 Å². The SMILES string of the molecule is Nc1ccc(-c2nc(Cl)oc2-c2ccc(Cl)cc2)cc1. The Morgan fingerprint density at radius 2 is 1.45 bits per heavy atom. The van der Waals surface area contributed by atoms with Crippen LogP contribution in [-0.2, 0) is 0 Å². The average molecular weight is 305 g/mol. The summed E-state index contributed by atoms with van der Waals surface area (Å²) in [5.74, 6) is 0.608. The largest absolute Gasteiger partial charge is 0.427 e. The Morgan fingerprint density at radius 3 is 2.10 bits per heavy atom. The standard InChI is InChI=1S/C15H10Cl2N2O/c16-11-5-1-10(2-6-11)14-13(19-15(17)20-14)9-3-7-12(18)8-4-9/h1-8H,18H2. The minimum atomic E-state index is 0.0989. The molecule has 0 bridgehead atoms. The van der Waals surface area contributed by atoms with Crippen molar-refractivity contribution in [3.8, 4) is 22.6 Å². The van der Waals surface area contributed by atoms with E-state index in [9.17, 15) is 0 Å². The number of nitrogen functional groups attached to an aromatic ring is 1. The van der Waals surface area contributed by atoms with Crippen LogP contribution in [0.5, 0.6) is 0 Å². The van der Waals surface area contributed by atoms with Crippen molar-refractivity contribution in [2.75, 3.05) is 5.73 Å². The van der Waals surface area contributed by atoms with Crippen molar-refractivity contribution < 1.29 is 4.42 Å². The lowest BCUT2D eigenvalue weighted by atomic mass is 10.1. The first-order valence-electron chi connectivity index (χ1n) is 5.91. The van der Waals surface area contributed by atoms with E-state index in [2.05, 4.69) is 4.98 Å². The summed E-state index contributed by atoms with van der Waals surface area (Å²) in [6.45, 7) is 0. The van der Waals surface area contributed by atoms with Crippen molar-refractivity contribution in [2.24, 2.45) is 0 Å². The summed E-state index contributed by atoms with van der Waals surface area (Å²) in [5.41, 5.74) is 8.81. The molecule has 20 heavy (non-hydrogen) atoms. The van der Waals surface area contributed by atoms with Gasteiger partial charge in [-0.05, 0) is 48.0 Å². The number of hydrogen-bond acceptors (Lipinski definition) is 3. The first-order valence-corrected chi connectivity index (χ1v) is 6.67. The molecule has 0 aliphatic rings. The molecule has 0 spiro atoms. The van der Waals surface area contributed by atoms with Gasteiger partial charge in [0.2, 0.25) is 0 Å². The monoisotopic (exact) mass is 304 g/mol. The van der Waals surface area contributed by atoms with Gasteiger partial charge < -0.3 is 10.2 Å². The van der Waals surface area contributed by atoms with Gasteiger partial charge in [-0.15, -0.1) is 0 Å². The number of nitrogens with two attached hydrogens (primary N) is 1. The average Bonchev–Trinajstić information content (AvgIpc) is 2.82. The van der Waals surface area contributed by atoms with Crippen molar-refractivity contribution in [1.29, 1.82) is 0 Å². The van der Waals surface area contributed by atoms with Gasteiger partial charge in [-0.2, -0.15) is 4.98 Å². The molecule has 0 amide bonds. The molecule has 100 valence electrons. The fourth-order valence-electron chi connectivity index (χ4n) is 1.93. The number of aromatic nitrogens is 1. The molecule has 3 aromatic rings. The number of halogens is 2. The third kappa shape index (κ3) is 2.50. The molecule has 2 aromatic carbocycles. The highest BCUT2D eigenvalue weighted by molar-refractivity contribution is 6.30. The number of anilines is 1. The molecule has 5 heteroatoms. The van der Waals surface area contributed by atoms with E-state index < -0.39 is 0 Å². The van der Waals surface area contributed by atoms with Crippen molar-refractivity contribution in [3.63, 3.8) is 0 Å². The first kappa shape index (κ1) is 13.0. The van der Waals surface area contributed by atoms with Crippen molar-refractivity contribution in [1.82, 2.24) is 4.98 Å². The van der Waals surface area contributed by atoms with Gasteiger partial charge in [0, 0.05) is 21.8 Å². The number of hydrogen-bond donors (Lipinski definition) is 1. The molecule has 0 aliphatic heterocycles. The maximum Gasteiger partial charge on any atom is 0.293 e. The van der Waals surface area contributed by atoms with Crippen LogP contribution in [0.15, 0.2) is 52.9 Å². The molecule has 1 aromatic heterocycles. The highest BCUT2D eigenvalue weighted by atomic mass is 35.5. The van der Waals surface area contributed by atoms with E-state index in [-0.39, 0.29) is 5.35 Å². The Hall–Kier alpha value is -1.97. The number of benzene rings is 2. The fourth-order valence-corrected chi connectivity index (χ4v) is 2.22. The van der Waals surface area contributed by atoms with Gasteiger partial charge in [0.15, 0.2) is 5.76 Å². The number of nitrogens with zero attached hydrogens (tertiary/aromatic N) is 1. The Balaban J connectivity index is 2.12. The summed E-state index contributed by atoms with van der Waals surface area (Å²) in [6, 6.07) is 14.7. The Morgan fingerprint density at radius 1 is 0.850 bits per heavy atom. The number of oxazole rings is 1. The van der Waals surface area contributed by atoms with Crippen LogP contribution in [0.25, 0.3) is 22.6 Å². The van der Waals surface area contributed by atoms with E-state index in [1.807, 2.05) is 36.4 Å². The van der Waals surface area contributed by atoms with Crippen molar-refractivity contribution in [3.05, 3.63) is 58.9 Å². The summed E-state index contributed by atoms with van der Waals surface area (Å²) in [6.07, 6.45) is 0. The zero-order valence-electron chi connectivity index (χ0n) is 10.3. The smallest absolute Gasteiger partial charge is 0.293 e. The molecule has 3 nitrogen and oxygen atoms in total. The highest BCUT2D eigenvalue weighted by Crippen LogP contribution is 2.34. The normalized spacial score (nSPS) is 10.7. The van der Waals surface area contributed by atoms with Crippen LogP contribution in [0.1, 0.15) is 0 Å². The molecule has 0 unspecified atom stereocenters. The zero-order chi connectivity index (χ0) is 14.1. The van der Waals surface area contributed by atoms with Crippen LogP contribution in [-0.4, -0.2) is 4.98 Å². The molecule has 0 fully saturated rings. The van der Waals surface area contributed by atoms with Gasteiger partial charge in [0.05, 0.1) is 0 Å². The number of rotatable bonds is 2. The second-order valence-corrected chi connectivity index (χ2v) is 5.03. The van der Waals surface area contributed by atoms with E-state index in [1.54, 1.807) is 12.1 Å². The third-order valence-electron chi connectivity index (χ3n) is 2.89. The summed E-state index contributed by atoms with van der Waals surface area (Å²) in [7, 11) is 0. The molecular weight excluding hydrogens is 295 g/mol. The van der Waals surface area contributed by atoms with Gasteiger partial charge in [0.25, 0.3) is 5.35 Å². The minimum absolute atomic E-state index is 0.0989. The predicted molar refractivity (Wildman–Crippen MR) is 81.8 cm³/mol. The van der Waals surface area contributed by atoms with E-state index in [4.69, 9.17) is 33.4 Å². The van der Waals surface area contributed by atoms with Crippen LogP contribution in [0.3, 0.4) is 0 Å². The maximum atomic E-state index is 5.90. The van der Waals surface area contributed by atoms with Gasteiger partial charge in [0.1, 0.15) is 5.69 Å². The van der Waals surface area contributed by atoms with Gasteiger partial charge in [-0.1, -0.05) is 23.7 Å². The van der Waals surface area contributed by atoms with E-state index in [0.29, 0.717) is 22.2 Å². The molecule has 0 atom stereocenters. The molecule has 0 radical (unpaired) electrons. The summed E-state index contributed by atoms with van der Waals surface area (Å²) in [5, 5.41) is 0.759. The lowest BCUT2D eigenvalue weighted by Gasteiger charge is -2.02. The Labute approximate surface area is 126 Å². The second-order valence-electron chi connectivity index (χ2n) is 4.27. The first-order chi connectivity index (χ1) is 9.63. The zero-order valence-corrected chi connectivity index (χ0v) is 11.8. The van der Waals surface area contributed by atoms with Gasteiger partial charge in [-0.3, -0.25) is 0 Å². The van der Waals surface area contributed by atoms with Crippen LogP contribution < -0.4 is 5.73 Å². The third-order valence-corrected chi connectivity index (χ3v) is 3.31. The summed E-state index contributed by atoms with van der Waals surface area (Å²) >= 11 is 11.8. The van der Waals surface area contributed by atoms with Crippen LogP contribution in [0.4, 0.5) is 5.69 Å². The van der Waals surface area contributed by atoms with E-state index in [0.717, 1.165) is 11.1 Å². The Kier molecular flexibility index (Phi) is 3.38. The summed E-state index contributed by atoms with van der Waals surface area (Å²) < 4.78 is 5.51. The molecule has 0 saturated carbocycles. The minimum Gasteiger partial charge on any atom is -0.427 e. The van der Waals surface area contributed by atoms with Crippen LogP contribution in [0.2, 0.25) is 10.4 Å².